The molecule has 1 amide bonds. The molecule has 1 saturated heterocycles. The van der Waals surface area contributed by atoms with Gasteiger partial charge in [-0.15, -0.1) is 5.10 Å². The summed E-state index contributed by atoms with van der Waals surface area (Å²) in [5.74, 6) is 0.940. The molecule has 32 heavy (non-hydrogen) atoms. The van der Waals surface area contributed by atoms with Crippen molar-refractivity contribution in [2.45, 2.75) is 39.2 Å². The molecule has 7 nitrogen and oxygen atoms in total. The van der Waals surface area contributed by atoms with Crippen LogP contribution in [0.15, 0.2) is 47.5 Å². The highest BCUT2D eigenvalue weighted by Gasteiger charge is 2.28. The van der Waals surface area contributed by atoms with E-state index in [0.29, 0.717) is 65.4 Å². The topological polar surface area (TPSA) is 73.0 Å². The molecule has 1 aliphatic heterocycles. The van der Waals surface area contributed by atoms with Crippen LogP contribution in [0.1, 0.15) is 39.2 Å². The van der Waals surface area contributed by atoms with Crippen LogP contribution >= 0.6 is 23.2 Å². The number of carbonyl (C=O) groups excluding carboxylic acids is 1. The molecule has 168 valence electrons. The van der Waals surface area contributed by atoms with Gasteiger partial charge in [-0.1, -0.05) is 37.0 Å². The summed E-state index contributed by atoms with van der Waals surface area (Å²) in [6.07, 6.45) is 5.04. The second-order valence-corrected chi connectivity index (χ2v) is 9.27. The van der Waals surface area contributed by atoms with Gasteiger partial charge >= 0.3 is 5.69 Å². The van der Waals surface area contributed by atoms with Gasteiger partial charge in [0.25, 0.3) is 0 Å². The maximum atomic E-state index is 13.5. The molecule has 9 heteroatoms. The number of nitrogens with zero attached hydrogens (tertiary/aromatic N) is 5. The number of carbonyl (C=O) groups is 1. The van der Waals surface area contributed by atoms with Crippen molar-refractivity contribution in [1.29, 1.82) is 0 Å². The highest BCUT2D eigenvalue weighted by molar-refractivity contribution is 6.33. The number of hydrogen-bond donors (Lipinski definition) is 0. The number of hydrogen-bond acceptors (Lipinski definition) is 4. The highest BCUT2D eigenvalue weighted by atomic mass is 35.5. The lowest BCUT2D eigenvalue weighted by atomic mass is 10.0. The third-order valence-corrected chi connectivity index (χ3v) is 6.20. The first-order valence-corrected chi connectivity index (χ1v) is 11.5. The van der Waals surface area contributed by atoms with Crippen molar-refractivity contribution in [1.82, 2.24) is 24.2 Å². The van der Waals surface area contributed by atoms with E-state index >= 15 is 0 Å². The van der Waals surface area contributed by atoms with Gasteiger partial charge in [-0.25, -0.2) is 14.0 Å². The molecule has 0 atom stereocenters. The Hall–Kier alpha value is -2.64. The molecular weight excluding hydrogens is 449 g/mol. The largest absolute Gasteiger partial charge is 0.351 e. The van der Waals surface area contributed by atoms with Gasteiger partial charge in [-0.05, 0) is 49.1 Å². The molecule has 3 heterocycles. The van der Waals surface area contributed by atoms with Gasteiger partial charge in [-0.2, -0.15) is 0 Å². The van der Waals surface area contributed by atoms with E-state index in [0.717, 1.165) is 0 Å². The van der Waals surface area contributed by atoms with Crippen LogP contribution in [-0.2, 0) is 4.79 Å². The molecule has 1 aromatic carbocycles. The predicted molar refractivity (Wildman–Crippen MR) is 125 cm³/mol. The first kappa shape index (κ1) is 22.6. The fourth-order valence-corrected chi connectivity index (χ4v) is 4.34. The maximum Gasteiger partial charge on any atom is 0.351 e. The van der Waals surface area contributed by atoms with Crippen LogP contribution in [0.4, 0.5) is 0 Å². The van der Waals surface area contributed by atoms with Gasteiger partial charge in [0, 0.05) is 42.5 Å². The second kappa shape index (κ2) is 9.46. The van der Waals surface area contributed by atoms with Crippen LogP contribution in [0.2, 0.25) is 10.0 Å². The maximum absolute atomic E-state index is 13.5. The van der Waals surface area contributed by atoms with Crippen molar-refractivity contribution in [2.24, 2.45) is 5.92 Å². The number of amides is 1. The van der Waals surface area contributed by atoms with Gasteiger partial charge in [0.15, 0.2) is 5.82 Å². The highest BCUT2D eigenvalue weighted by Crippen LogP contribution is 2.29. The molecule has 4 rings (SSSR count). The Kier molecular flexibility index (Phi) is 6.67. The number of piperidine rings is 1. The molecule has 3 aromatic rings. The summed E-state index contributed by atoms with van der Waals surface area (Å²) in [5, 5.41) is 5.69. The smallest absolute Gasteiger partial charge is 0.343 e. The molecule has 0 unspecified atom stereocenters. The number of pyridine rings is 1. The Morgan fingerprint density at radius 2 is 1.81 bits per heavy atom. The van der Waals surface area contributed by atoms with Crippen molar-refractivity contribution in [3.8, 4) is 17.1 Å². The molecule has 0 saturated carbocycles. The Bertz CT molecular complexity index is 1160. The Labute approximate surface area is 196 Å². The number of aromatic nitrogens is 4. The van der Waals surface area contributed by atoms with Crippen LogP contribution in [0.25, 0.3) is 17.1 Å². The van der Waals surface area contributed by atoms with Crippen LogP contribution in [-0.4, -0.2) is 43.2 Å². The predicted octanol–water partition coefficient (Wildman–Crippen LogP) is 4.61. The van der Waals surface area contributed by atoms with Gasteiger partial charge in [0.1, 0.15) is 0 Å². The first-order chi connectivity index (χ1) is 15.3. The molecule has 0 N–H and O–H groups in total. The zero-order chi connectivity index (χ0) is 22.8. The van der Waals surface area contributed by atoms with E-state index in [-0.39, 0.29) is 17.6 Å². The zero-order valence-electron chi connectivity index (χ0n) is 18.0. The Balaban J connectivity index is 1.70. The van der Waals surface area contributed by atoms with Gasteiger partial charge < -0.3 is 4.90 Å². The van der Waals surface area contributed by atoms with Crippen molar-refractivity contribution in [3.05, 3.63) is 63.3 Å². The van der Waals surface area contributed by atoms with E-state index in [9.17, 15) is 9.59 Å². The van der Waals surface area contributed by atoms with Gasteiger partial charge in [-0.3, -0.25) is 9.78 Å². The monoisotopic (exact) mass is 473 g/mol. The SMILES string of the molecule is CC(C)CC(=O)N1CCC(n2nc(-c3ccncc3Cl)n(-c3ccc(Cl)cc3)c2=O)CC1. The van der Waals surface area contributed by atoms with E-state index in [1.165, 1.54) is 10.9 Å². The van der Waals surface area contributed by atoms with E-state index < -0.39 is 0 Å². The average Bonchev–Trinajstić information content (AvgIpc) is 3.11. The van der Waals surface area contributed by atoms with E-state index in [1.807, 2.05) is 18.7 Å². The van der Waals surface area contributed by atoms with Crippen molar-refractivity contribution in [3.63, 3.8) is 0 Å². The van der Waals surface area contributed by atoms with Gasteiger partial charge in [0.05, 0.1) is 16.8 Å². The summed E-state index contributed by atoms with van der Waals surface area (Å²) >= 11 is 12.4. The van der Waals surface area contributed by atoms with Gasteiger partial charge in [0.2, 0.25) is 5.91 Å². The van der Waals surface area contributed by atoms with Crippen LogP contribution in [0.5, 0.6) is 0 Å². The summed E-state index contributed by atoms with van der Waals surface area (Å²) < 4.78 is 3.08. The van der Waals surface area contributed by atoms with E-state index in [1.54, 1.807) is 41.1 Å². The minimum absolute atomic E-state index is 0.0986. The molecule has 1 fully saturated rings. The fraction of sp³-hybridized carbons (Fsp3) is 0.391. The molecule has 2 aromatic heterocycles. The lowest BCUT2D eigenvalue weighted by molar-refractivity contribution is -0.133. The second-order valence-electron chi connectivity index (χ2n) is 8.43. The molecule has 0 aliphatic carbocycles. The number of likely N-dealkylation sites (tertiary alicyclic amines) is 1. The summed E-state index contributed by atoms with van der Waals surface area (Å²) in [6.45, 7) is 5.31. The minimum Gasteiger partial charge on any atom is -0.343 e. The lowest BCUT2D eigenvalue weighted by Gasteiger charge is -2.32. The summed E-state index contributed by atoms with van der Waals surface area (Å²) in [4.78, 5) is 31.9. The first-order valence-electron chi connectivity index (χ1n) is 10.7. The standard InChI is InChI=1S/C23H25Cl2N5O2/c1-15(2)13-21(31)28-11-8-18(9-12-28)30-23(32)29(17-5-3-16(24)4-6-17)22(27-30)19-7-10-26-14-20(19)25/h3-7,10,14-15,18H,8-9,11-13H2,1-2H3. The molecule has 0 bridgehead atoms. The van der Waals surface area contributed by atoms with Crippen LogP contribution < -0.4 is 5.69 Å². The third kappa shape index (κ3) is 4.59. The van der Waals surface area contributed by atoms with Crippen molar-refractivity contribution >= 4 is 29.1 Å². The summed E-state index contributed by atoms with van der Waals surface area (Å²) in [6, 6.07) is 8.67. The molecule has 0 radical (unpaired) electrons. The summed E-state index contributed by atoms with van der Waals surface area (Å²) in [7, 11) is 0. The van der Waals surface area contributed by atoms with Crippen molar-refractivity contribution in [2.75, 3.05) is 13.1 Å². The zero-order valence-corrected chi connectivity index (χ0v) is 19.6. The number of benzene rings is 1. The molecule has 1 aliphatic rings. The van der Waals surface area contributed by atoms with Crippen LogP contribution in [0.3, 0.4) is 0 Å². The number of rotatable bonds is 5. The molecule has 0 spiro atoms. The molecular formula is C23H25Cl2N5O2. The van der Waals surface area contributed by atoms with Crippen molar-refractivity contribution < 1.29 is 4.79 Å². The van der Waals surface area contributed by atoms with E-state index in [2.05, 4.69) is 4.98 Å². The quantitative estimate of drug-likeness (QED) is 0.541. The Morgan fingerprint density at radius 3 is 2.44 bits per heavy atom. The third-order valence-electron chi connectivity index (χ3n) is 5.65. The van der Waals surface area contributed by atoms with E-state index in [4.69, 9.17) is 28.3 Å². The average molecular weight is 474 g/mol. The minimum atomic E-state index is -0.248. The normalized spacial score (nSPS) is 14.8. The van der Waals surface area contributed by atoms with Crippen LogP contribution in [0, 0.1) is 5.92 Å². The number of halogens is 2. The lowest BCUT2D eigenvalue weighted by Crippen LogP contribution is -2.41. The summed E-state index contributed by atoms with van der Waals surface area (Å²) in [5.41, 5.74) is 1.03. The fourth-order valence-electron chi connectivity index (χ4n) is 4.01. The Morgan fingerprint density at radius 1 is 1.12 bits per heavy atom.